The van der Waals surface area contributed by atoms with E-state index >= 15 is 0 Å². The number of fused-ring (bicyclic) bond motifs is 1. The van der Waals surface area contributed by atoms with Crippen LogP contribution in [0.5, 0.6) is 0 Å². The van der Waals surface area contributed by atoms with Crippen LogP contribution < -0.4 is 16.2 Å². The predicted molar refractivity (Wildman–Crippen MR) is 101 cm³/mol. The van der Waals surface area contributed by atoms with Crippen LogP contribution in [-0.2, 0) is 6.54 Å². The molecule has 1 aromatic carbocycles. The first-order valence-corrected chi connectivity index (χ1v) is 8.71. The van der Waals surface area contributed by atoms with E-state index in [-0.39, 0.29) is 10.6 Å². The Hall–Kier alpha value is -2.71. The van der Waals surface area contributed by atoms with E-state index in [0.29, 0.717) is 23.9 Å². The van der Waals surface area contributed by atoms with E-state index in [1.165, 1.54) is 0 Å². The van der Waals surface area contributed by atoms with E-state index in [4.69, 9.17) is 17.3 Å². The van der Waals surface area contributed by atoms with Crippen LogP contribution in [-0.4, -0.2) is 51.2 Å². The van der Waals surface area contributed by atoms with Gasteiger partial charge in [0.1, 0.15) is 16.7 Å². The second-order valence-electron chi connectivity index (χ2n) is 6.20. The lowest BCUT2D eigenvalue weighted by Gasteiger charge is -2.35. The highest BCUT2D eigenvalue weighted by Gasteiger charge is 2.21. The number of para-hydroxylation sites is 1. The lowest BCUT2D eigenvalue weighted by molar-refractivity contribution is 0.244. The molecule has 3 heterocycles. The molecule has 2 aromatic heterocycles. The summed E-state index contributed by atoms with van der Waals surface area (Å²) in [4.78, 5) is 25.0. The number of hydrogen-bond acceptors (Lipinski definition) is 7. The number of aromatic amines is 1. The van der Waals surface area contributed by atoms with Gasteiger partial charge in [-0.2, -0.15) is 5.10 Å². The molecule has 1 saturated heterocycles. The van der Waals surface area contributed by atoms with Gasteiger partial charge < -0.3 is 10.6 Å². The molecule has 3 N–H and O–H groups in total. The van der Waals surface area contributed by atoms with Gasteiger partial charge in [-0.25, -0.2) is 15.1 Å². The Morgan fingerprint density at radius 3 is 2.73 bits per heavy atom. The normalized spacial score (nSPS) is 15.5. The summed E-state index contributed by atoms with van der Waals surface area (Å²) in [7, 11) is 0. The molecule has 0 amide bonds. The summed E-state index contributed by atoms with van der Waals surface area (Å²) >= 11 is 6.09. The maximum absolute atomic E-state index is 11.6. The molecule has 0 atom stereocenters. The summed E-state index contributed by atoms with van der Waals surface area (Å²) in [6.07, 6.45) is 1.59. The third-order valence-corrected chi connectivity index (χ3v) is 4.90. The topological polar surface area (TPSA) is 104 Å². The molecule has 0 unspecified atom stereocenters. The lowest BCUT2D eigenvalue weighted by atomic mass is 10.2. The number of nitrogens with one attached hydrogen (secondary N) is 1. The molecular formula is C17H18ClN7O. The molecule has 26 heavy (non-hydrogen) atoms. The third kappa shape index (κ3) is 3.21. The smallest absolute Gasteiger partial charge is 0.285 e. The zero-order valence-corrected chi connectivity index (χ0v) is 14.8. The molecule has 0 spiro atoms. The van der Waals surface area contributed by atoms with Crippen molar-refractivity contribution >= 4 is 34.0 Å². The van der Waals surface area contributed by atoms with Gasteiger partial charge in [-0.15, -0.1) is 0 Å². The van der Waals surface area contributed by atoms with Crippen molar-refractivity contribution in [1.82, 2.24) is 25.1 Å². The Labute approximate surface area is 154 Å². The Morgan fingerprint density at radius 2 is 1.92 bits per heavy atom. The number of benzene rings is 1. The molecule has 0 bridgehead atoms. The number of H-pyrrole nitrogens is 1. The Morgan fingerprint density at radius 1 is 1.15 bits per heavy atom. The Kier molecular flexibility index (Phi) is 4.44. The largest absolute Gasteiger partial charge is 0.383 e. The number of nitrogen functional groups attached to an aromatic ring is 1. The van der Waals surface area contributed by atoms with E-state index in [2.05, 4.69) is 30.0 Å². The maximum atomic E-state index is 11.6. The molecule has 1 aliphatic heterocycles. The van der Waals surface area contributed by atoms with E-state index in [0.717, 1.165) is 37.1 Å². The summed E-state index contributed by atoms with van der Waals surface area (Å²) in [6, 6.07) is 7.73. The Bertz CT molecular complexity index is 998. The minimum absolute atomic E-state index is 0.180. The average molecular weight is 372 g/mol. The van der Waals surface area contributed by atoms with Gasteiger partial charge in [0.2, 0.25) is 0 Å². The summed E-state index contributed by atoms with van der Waals surface area (Å²) in [5, 5.41) is 7.22. The molecule has 1 aliphatic rings. The van der Waals surface area contributed by atoms with Gasteiger partial charge >= 0.3 is 0 Å². The van der Waals surface area contributed by atoms with E-state index in [1.54, 1.807) is 6.20 Å². The van der Waals surface area contributed by atoms with Gasteiger partial charge in [0.25, 0.3) is 5.56 Å². The van der Waals surface area contributed by atoms with Crippen LogP contribution in [0, 0.1) is 0 Å². The van der Waals surface area contributed by atoms with Crippen LogP contribution in [0.4, 0.5) is 11.5 Å². The van der Waals surface area contributed by atoms with Crippen LogP contribution >= 0.6 is 11.6 Å². The number of nitrogens with two attached hydrogens (primary N) is 1. The quantitative estimate of drug-likeness (QED) is 0.714. The van der Waals surface area contributed by atoms with E-state index in [9.17, 15) is 4.79 Å². The second-order valence-corrected chi connectivity index (χ2v) is 6.58. The molecule has 0 saturated carbocycles. The molecule has 0 radical (unpaired) electrons. The van der Waals surface area contributed by atoms with Gasteiger partial charge in [0.15, 0.2) is 0 Å². The minimum atomic E-state index is -0.369. The SMILES string of the molecule is Nc1nc(CN2CCN(c3cn[nH]c(=O)c3Cl)CC2)nc2ccccc12. The van der Waals surface area contributed by atoms with Crippen molar-refractivity contribution in [1.29, 1.82) is 0 Å². The van der Waals surface area contributed by atoms with Crippen molar-refractivity contribution < 1.29 is 0 Å². The molecule has 134 valence electrons. The highest BCUT2D eigenvalue weighted by Crippen LogP contribution is 2.22. The number of hydrogen-bond donors (Lipinski definition) is 2. The number of halogens is 1. The number of aromatic nitrogens is 4. The molecule has 1 fully saturated rings. The maximum Gasteiger partial charge on any atom is 0.285 e. The fourth-order valence-corrected chi connectivity index (χ4v) is 3.37. The van der Waals surface area contributed by atoms with Crippen molar-refractivity contribution in [2.45, 2.75) is 6.54 Å². The standard InChI is InChI=1S/C17H18ClN7O/c18-15-13(9-20-23-17(15)26)25-7-5-24(6-8-25)10-14-21-12-4-2-1-3-11(12)16(19)22-14/h1-4,9H,5-8,10H2,(H,23,26)(H2,19,21,22). The summed E-state index contributed by atoms with van der Waals surface area (Å²) in [5.74, 6) is 1.22. The fraction of sp³-hybridized carbons (Fsp3) is 0.294. The zero-order chi connectivity index (χ0) is 18.1. The van der Waals surface area contributed by atoms with Gasteiger partial charge in [-0.1, -0.05) is 23.7 Å². The van der Waals surface area contributed by atoms with Crippen molar-refractivity contribution in [3.63, 3.8) is 0 Å². The number of rotatable bonds is 3. The average Bonchev–Trinajstić information content (AvgIpc) is 2.65. The molecule has 3 aromatic rings. The number of piperazine rings is 1. The van der Waals surface area contributed by atoms with Crippen LogP contribution in [0.3, 0.4) is 0 Å². The predicted octanol–water partition coefficient (Wildman–Crippen LogP) is 1.27. The van der Waals surface area contributed by atoms with Crippen LogP contribution in [0.15, 0.2) is 35.3 Å². The second kappa shape index (κ2) is 6.89. The minimum Gasteiger partial charge on any atom is -0.383 e. The Balaban J connectivity index is 1.46. The van der Waals surface area contributed by atoms with Crippen molar-refractivity contribution in [3.8, 4) is 0 Å². The van der Waals surface area contributed by atoms with Crippen LogP contribution in [0.25, 0.3) is 10.9 Å². The van der Waals surface area contributed by atoms with Crippen LogP contribution in [0.2, 0.25) is 5.02 Å². The lowest BCUT2D eigenvalue weighted by Crippen LogP contribution is -2.46. The highest BCUT2D eigenvalue weighted by atomic mass is 35.5. The third-order valence-electron chi connectivity index (χ3n) is 4.53. The van der Waals surface area contributed by atoms with Crippen LogP contribution in [0.1, 0.15) is 5.82 Å². The molecule has 8 nitrogen and oxygen atoms in total. The molecule has 0 aliphatic carbocycles. The molecule has 9 heteroatoms. The first kappa shape index (κ1) is 16.7. The van der Waals surface area contributed by atoms with Gasteiger partial charge in [-0.3, -0.25) is 9.69 Å². The first-order chi connectivity index (χ1) is 12.6. The molecular weight excluding hydrogens is 354 g/mol. The molecule has 4 rings (SSSR count). The summed E-state index contributed by atoms with van der Waals surface area (Å²) in [6.45, 7) is 3.73. The van der Waals surface area contributed by atoms with Crippen molar-refractivity contribution in [3.05, 3.63) is 51.7 Å². The monoisotopic (exact) mass is 371 g/mol. The zero-order valence-electron chi connectivity index (χ0n) is 14.0. The fourth-order valence-electron chi connectivity index (χ4n) is 3.16. The summed E-state index contributed by atoms with van der Waals surface area (Å²) in [5.41, 5.74) is 7.21. The van der Waals surface area contributed by atoms with Crippen molar-refractivity contribution in [2.75, 3.05) is 36.8 Å². The van der Waals surface area contributed by atoms with Gasteiger partial charge in [0.05, 0.1) is 23.9 Å². The summed E-state index contributed by atoms with van der Waals surface area (Å²) < 4.78 is 0. The first-order valence-electron chi connectivity index (χ1n) is 8.33. The van der Waals surface area contributed by atoms with E-state index in [1.807, 2.05) is 24.3 Å². The van der Waals surface area contributed by atoms with Gasteiger partial charge in [-0.05, 0) is 12.1 Å². The van der Waals surface area contributed by atoms with Gasteiger partial charge in [0, 0.05) is 31.6 Å². The number of anilines is 2. The van der Waals surface area contributed by atoms with E-state index < -0.39 is 0 Å². The van der Waals surface area contributed by atoms with Crippen molar-refractivity contribution in [2.24, 2.45) is 0 Å². The number of nitrogens with zero attached hydrogens (tertiary/aromatic N) is 5. The highest BCUT2D eigenvalue weighted by molar-refractivity contribution is 6.33.